The minimum atomic E-state index is -0.842. The van der Waals surface area contributed by atoms with E-state index in [1.807, 2.05) is 0 Å². The second kappa shape index (κ2) is 7.48. The highest BCUT2D eigenvalue weighted by atomic mass is 16.4. The van der Waals surface area contributed by atoms with Crippen LogP contribution in [0.15, 0.2) is 0 Å². The lowest BCUT2D eigenvalue weighted by molar-refractivity contribution is -0.138. The van der Waals surface area contributed by atoms with Gasteiger partial charge in [-0.05, 0) is 32.6 Å². The van der Waals surface area contributed by atoms with Gasteiger partial charge in [0.15, 0.2) is 0 Å². The van der Waals surface area contributed by atoms with E-state index < -0.39 is 5.97 Å². The summed E-state index contributed by atoms with van der Waals surface area (Å²) in [6.07, 6.45) is 2.32. The number of carboxylic acid groups (broad SMARTS) is 1. The highest BCUT2D eigenvalue weighted by molar-refractivity contribution is 5.77. The fraction of sp³-hybridized carbons (Fsp3) is 0.857. The molecule has 19 heavy (non-hydrogen) atoms. The van der Waals surface area contributed by atoms with E-state index in [2.05, 4.69) is 24.1 Å². The molecule has 1 rings (SSSR count). The summed E-state index contributed by atoms with van der Waals surface area (Å²) in [5.41, 5.74) is 0. The summed E-state index contributed by atoms with van der Waals surface area (Å²) in [5, 5.41) is 11.7. The van der Waals surface area contributed by atoms with Gasteiger partial charge in [0, 0.05) is 38.0 Å². The number of aliphatic carboxylic acids is 1. The van der Waals surface area contributed by atoms with Crippen LogP contribution in [0.5, 0.6) is 0 Å². The minimum absolute atomic E-state index is 0.0169. The monoisotopic (exact) mass is 270 g/mol. The Morgan fingerprint density at radius 3 is 2.26 bits per heavy atom. The maximum absolute atomic E-state index is 11.8. The molecule has 5 heteroatoms. The average molecular weight is 270 g/mol. The fourth-order valence-electron chi connectivity index (χ4n) is 2.53. The van der Waals surface area contributed by atoms with E-state index in [1.54, 1.807) is 6.92 Å². The number of piperidine rings is 1. The summed E-state index contributed by atoms with van der Waals surface area (Å²) < 4.78 is 0. The summed E-state index contributed by atoms with van der Waals surface area (Å²) in [7, 11) is 0. The third-order valence-corrected chi connectivity index (χ3v) is 3.68. The van der Waals surface area contributed by atoms with Crippen LogP contribution in [-0.2, 0) is 9.59 Å². The lowest BCUT2D eigenvalue weighted by atomic mass is 10.0. The predicted octanol–water partition coefficient (Wildman–Crippen LogP) is 1.48. The number of hydrogen-bond donors (Lipinski definition) is 2. The zero-order valence-electron chi connectivity index (χ0n) is 12.2. The van der Waals surface area contributed by atoms with Crippen LogP contribution in [-0.4, -0.2) is 47.1 Å². The zero-order chi connectivity index (χ0) is 14.4. The molecule has 1 fully saturated rings. The van der Waals surface area contributed by atoms with Crippen molar-refractivity contribution >= 4 is 11.9 Å². The molecule has 0 bridgehead atoms. The fourth-order valence-corrected chi connectivity index (χ4v) is 2.53. The number of hydrogen-bond acceptors (Lipinski definition) is 3. The molecule has 1 heterocycles. The topological polar surface area (TPSA) is 69.6 Å². The van der Waals surface area contributed by atoms with Gasteiger partial charge >= 0.3 is 5.97 Å². The van der Waals surface area contributed by atoms with Crippen LogP contribution in [0.3, 0.4) is 0 Å². The molecule has 0 aromatic rings. The van der Waals surface area contributed by atoms with E-state index in [9.17, 15) is 9.59 Å². The van der Waals surface area contributed by atoms with Crippen molar-refractivity contribution in [3.63, 3.8) is 0 Å². The van der Waals surface area contributed by atoms with Gasteiger partial charge in [-0.15, -0.1) is 0 Å². The van der Waals surface area contributed by atoms with Crippen molar-refractivity contribution in [2.45, 2.75) is 58.5 Å². The first kappa shape index (κ1) is 16.0. The van der Waals surface area contributed by atoms with Gasteiger partial charge in [-0.25, -0.2) is 0 Å². The SMILES string of the molecule is CC(CC(=O)O)CC(=O)NC1CCN(C(C)C)CC1. The second-order valence-electron chi connectivity index (χ2n) is 5.88. The highest BCUT2D eigenvalue weighted by Gasteiger charge is 2.22. The third kappa shape index (κ3) is 6.05. The van der Waals surface area contributed by atoms with Crippen molar-refractivity contribution in [2.24, 2.45) is 5.92 Å². The number of rotatable bonds is 6. The Balaban J connectivity index is 2.25. The standard InChI is InChI=1S/C14H26N2O3/c1-10(2)16-6-4-12(5-7-16)15-13(17)8-11(3)9-14(18)19/h10-12H,4-9H2,1-3H3,(H,15,17)(H,18,19). The van der Waals surface area contributed by atoms with E-state index in [-0.39, 0.29) is 24.3 Å². The van der Waals surface area contributed by atoms with Crippen LogP contribution in [0.25, 0.3) is 0 Å². The Kier molecular flexibility index (Phi) is 6.28. The van der Waals surface area contributed by atoms with E-state index in [0.717, 1.165) is 25.9 Å². The molecule has 0 spiro atoms. The molecule has 1 unspecified atom stereocenters. The molecule has 1 aliphatic rings. The average Bonchev–Trinajstić information content (AvgIpc) is 2.27. The Labute approximate surface area is 115 Å². The molecular weight excluding hydrogens is 244 g/mol. The van der Waals surface area contributed by atoms with Gasteiger partial charge in [-0.2, -0.15) is 0 Å². The summed E-state index contributed by atoms with van der Waals surface area (Å²) in [6, 6.07) is 0.812. The molecule has 1 atom stereocenters. The molecule has 0 aliphatic carbocycles. The minimum Gasteiger partial charge on any atom is -0.481 e. The smallest absolute Gasteiger partial charge is 0.303 e. The number of nitrogens with one attached hydrogen (secondary N) is 1. The number of amides is 1. The first-order valence-electron chi connectivity index (χ1n) is 7.13. The largest absolute Gasteiger partial charge is 0.481 e. The van der Waals surface area contributed by atoms with Crippen molar-refractivity contribution in [3.8, 4) is 0 Å². The molecule has 2 N–H and O–H groups in total. The van der Waals surface area contributed by atoms with Crippen LogP contribution < -0.4 is 5.32 Å². The zero-order valence-corrected chi connectivity index (χ0v) is 12.2. The van der Waals surface area contributed by atoms with Crippen LogP contribution in [0.1, 0.15) is 46.5 Å². The Bertz CT molecular complexity index is 310. The van der Waals surface area contributed by atoms with Gasteiger partial charge < -0.3 is 15.3 Å². The van der Waals surface area contributed by atoms with Gasteiger partial charge in [-0.1, -0.05) is 6.92 Å². The first-order chi connectivity index (χ1) is 8.88. The molecule has 5 nitrogen and oxygen atoms in total. The Morgan fingerprint density at radius 1 is 1.21 bits per heavy atom. The first-order valence-corrected chi connectivity index (χ1v) is 7.13. The van der Waals surface area contributed by atoms with Crippen LogP contribution in [0, 0.1) is 5.92 Å². The number of carboxylic acids is 1. The van der Waals surface area contributed by atoms with Crippen molar-refractivity contribution < 1.29 is 14.7 Å². The number of nitrogens with zero attached hydrogens (tertiary/aromatic N) is 1. The van der Waals surface area contributed by atoms with Gasteiger partial charge in [0.25, 0.3) is 0 Å². The normalized spacial score (nSPS) is 19.4. The quantitative estimate of drug-likeness (QED) is 0.767. The van der Waals surface area contributed by atoms with Gasteiger partial charge in [0.05, 0.1) is 0 Å². The van der Waals surface area contributed by atoms with Crippen LogP contribution in [0.2, 0.25) is 0 Å². The summed E-state index contributed by atoms with van der Waals surface area (Å²) in [4.78, 5) is 24.8. The second-order valence-corrected chi connectivity index (χ2v) is 5.88. The molecule has 110 valence electrons. The molecule has 1 saturated heterocycles. The lowest BCUT2D eigenvalue weighted by Gasteiger charge is -2.35. The summed E-state index contributed by atoms with van der Waals surface area (Å²) >= 11 is 0. The molecular formula is C14H26N2O3. The van der Waals surface area contributed by atoms with Gasteiger partial charge in [-0.3, -0.25) is 9.59 Å². The van der Waals surface area contributed by atoms with Gasteiger partial charge in [0.1, 0.15) is 0 Å². The maximum Gasteiger partial charge on any atom is 0.303 e. The van der Waals surface area contributed by atoms with Crippen molar-refractivity contribution in [1.82, 2.24) is 10.2 Å². The van der Waals surface area contributed by atoms with E-state index in [1.165, 1.54) is 0 Å². The van der Waals surface area contributed by atoms with Crippen molar-refractivity contribution in [3.05, 3.63) is 0 Å². The molecule has 1 aliphatic heterocycles. The Hall–Kier alpha value is -1.10. The van der Waals surface area contributed by atoms with E-state index >= 15 is 0 Å². The number of carbonyl (C=O) groups excluding carboxylic acids is 1. The summed E-state index contributed by atoms with van der Waals surface area (Å²) in [6.45, 7) is 8.22. The number of likely N-dealkylation sites (tertiary alicyclic amines) is 1. The highest BCUT2D eigenvalue weighted by Crippen LogP contribution is 2.14. The van der Waals surface area contributed by atoms with E-state index in [0.29, 0.717) is 12.5 Å². The van der Waals surface area contributed by atoms with E-state index in [4.69, 9.17) is 5.11 Å². The molecule has 0 aromatic carbocycles. The third-order valence-electron chi connectivity index (χ3n) is 3.68. The van der Waals surface area contributed by atoms with Crippen molar-refractivity contribution in [1.29, 1.82) is 0 Å². The maximum atomic E-state index is 11.8. The summed E-state index contributed by atoms with van der Waals surface area (Å²) in [5.74, 6) is -0.962. The number of carbonyl (C=O) groups is 2. The van der Waals surface area contributed by atoms with Gasteiger partial charge in [0.2, 0.25) is 5.91 Å². The molecule has 0 aromatic heterocycles. The van der Waals surface area contributed by atoms with Crippen LogP contribution >= 0.6 is 0 Å². The van der Waals surface area contributed by atoms with Crippen molar-refractivity contribution in [2.75, 3.05) is 13.1 Å². The molecule has 0 radical (unpaired) electrons. The Morgan fingerprint density at radius 2 is 1.79 bits per heavy atom. The molecule has 0 saturated carbocycles. The molecule has 1 amide bonds. The van der Waals surface area contributed by atoms with Crippen LogP contribution in [0.4, 0.5) is 0 Å². The predicted molar refractivity (Wildman–Crippen MR) is 73.9 cm³/mol. The lowest BCUT2D eigenvalue weighted by Crippen LogP contribution is -2.46.